The number of nitrogens with zero attached hydrogens (tertiary/aromatic N) is 3. The molecule has 0 bridgehead atoms. The van der Waals surface area contributed by atoms with Crippen molar-refractivity contribution in [1.82, 2.24) is 9.97 Å². The molecular formula is C22H26N4O. The third-order valence-electron chi connectivity index (χ3n) is 4.18. The number of hydrogen-bond donors (Lipinski definition) is 1. The Kier molecular flexibility index (Phi) is 5.91. The van der Waals surface area contributed by atoms with Crippen molar-refractivity contribution in [2.24, 2.45) is 0 Å². The summed E-state index contributed by atoms with van der Waals surface area (Å²) < 4.78 is 5.69. The lowest BCUT2D eigenvalue weighted by Crippen LogP contribution is -2.18. The smallest absolute Gasteiger partial charge is 0.229 e. The highest BCUT2D eigenvalue weighted by Gasteiger charge is 2.13. The van der Waals surface area contributed by atoms with Crippen LogP contribution in [0.2, 0.25) is 0 Å². The fourth-order valence-electron chi connectivity index (χ4n) is 2.99. The van der Waals surface area contributed by atoms with Gasteiger partial charge in [0, 0.05) is 24.0 Å². The highest BCUT2D eigenvalue weighted by molar-refractivity contribution is 5.66. The van der Waals surface area contributed by atoms with E-state index in [4.69, 9.17) is 9.72 Å². The van der Waals surface area contributed by atoms with Crippen molar-refractivity contribution in [2.45, 2.75) is 27.7 Å². The first-order valence-electron chi connectivity index (χ1n) is 9.29. The van der Waals surface area contributed by atoms with Crippen LogP contribution in [0.25, 0.3) is 0 Å². The fraction of sp³-hybridized carbons (Fsp3) is 0.273. The molecule has 0 amide bonds. The van der Waals surface area contributed by atoms with E-state index in [9.17, 15) is 0 Å². The largest absolute Gasteiger partial charge is 0.492 e. The normalized spacial score (nSPS) is 10.5. The van der Waals surface area contributed by atoms with E-state index >= 15 is 0 Å². The second-order valence-corrected chi connectivity index (χ2v) is 6.33. The summed E-state index contributed by atoms with van der Waals surface area (Å²) in [5.74, 6) is 2.22. The summed E-state index contributed by atoms with van der Waals surface area (Å²) in [5, 5.41) is 3.31. The van der Waals surface area contributed by atoms with Crippen molar-refractivity contribution in [2.75, 3.05) is 23.4 Å². The minimum Gasteiger partial charge on any atom is -0.492 e. The van der Waals surface area contributed by atoms with Crippen LogP contribution in [0.1, 0.15) is 25.1 Å². The summed E-state index contributed by atoms with van der Waals surface area (Å²) in [4.78, 5) is 11.5. The van der Waals surface area contributed by atoms with E-state index in [1.165, 1.54) is 5.56 Å². The standard InChI is InChI=1S/C22H26N4O/c1-5-26(18-11-9-10-16(3)14-18)21-15-17(4)23-22(25-21)24-19-12-7-8-13-20(19)27-6-2/h7-15H,5-6H2,1-4H3,(H,23,24,25). The predicted octanol–water partition coefficient (Wildman–Crippen LogP) is 5.39. The second kappa shape index (κ2) is 8.54. The molecule has 0 atom stereocenters. The van der Waals surface area contributed by atoms with E-state index in [2.05, 4.69) is 53.3 Å². The highest BCUT2D eigenvalue weighted by Crippen LogP contribution is 2.29. The van der Waals surface area contributed by atoms with Crippen LogP contribution < -0.4 is 15.0 Å². The molecule has 1 N–H and O–H groups in total. The van der Waals surface area contributed by atoms with Gasteiger partial charge in [-0.15, -0.1) is 0 Å². The summed E-state index contributed by atoms with van der Waals surface area (Å²) in [7, 11) is 0. The van der Waals surface area contributed by atoms with Crippen LogP contribution in [0.3, 0.4) is 0 Å². The molecular weight excluding hydrogens is 336 g/mol. The summed E-state index contributed by atoms with van der Waals surface area (Å²) in [6, 6.07) is 18.3. The maximum absolute atomic E-state index is 5.69. The van der Waals surface area contributed by atoms with Gasteiger partial charge in [-0.2, -0.15) is 4.98 Å². The zero-order valence-electron chi connectivity index (χ0n) is 16.4. The number of benzene rings is 2. The lowest BCUT2D eigenvalue weighted by molar-refractivity contribution is 0.342. The van der Waals surface area contributed by atoms with Crippen LogP contribution in [0.4, 0.5) is 23.1 Å². The Morgan fingerprint density at radius 3 is 2.52 bits per heavy atom. The van der Waals surface area contributed by atoms with Gasteiger partial charge in [-0.3, -0.25) is 0 Å². The highest BCUT2D eigenvalue weighted by atomic mass is 16.5. The maximum Gasteiger partial charge on any atom is 0.229 e. The molecule has 140 valence electrons. The van der Waals surface area contributed by atoms with Crippen molar-refractivity contribution in [1.29, 1.82) is 0 Å². The molecule has 3 rings (SSSR count). The molecule has 0 saturated carbocycles. The van der Waals surface area contributed by atoms with Crippen LogP contribution in [0.15, 0.2) is 54.6 Å². The molecule has 1 heterocycles. The average Bonchev–Trinajstić information content (AvgIpc) is 2.64. The van der Waals surface area contributed by atoms with Gasteiger partial charge in [-0.1, -0.05) is 24.3 Å². The van der Waals surface area contributed by atoms with Crippen molar-refractivity contribution < 1.29 is 4.74 Å². The van der Waals surface area contributed by atoms with E-state index in [-0.39, 0.29) is 0 Å². The molecule has 0 saturated heterocycles. The van der Waals surface area contributed by atoms with Crippen LogP contribution in [0.5, 0.6) is 5.75 Å². The van der Waals surface area contributed by atoms with Crippen LogP contribution >= 0.6 is 0 Å². The molecule has 5 heteroatoms. The lowest BCUT2D eigenvalue weighted by atomic mass is 10.2. The summed E-state index contributed by atoms with van der Waals surface area (Å²) in [6.07, 6.45) is 0. The molecule has 0 fully saturated rings. The lowest BCUT2D eigenvalue weighted by Gasteiger charge is -2.23. The Bertz CT molecular complexity index is 910. The molecule has 0 aliphatic rings. The molecule has 0 spiro atoms. The monoisotopic (exact) mass is 362 g/mol. The minimum absolute atomic E-state index is 0.559. The summed E-state index contributed by atoms with van der Waals surface area (Å²) in [5.41, 5.74) is 4.11. The van der Waals surface area contributed by atoms with Gasteiger partial charge in [0.1, 0.15) is 11.6 Å². The van der Waals surface area contributed by atoms with E-state index in [1.54, 1.807) is 0 Å². The third-order valence-corrected chi connectivity index (χ3v) is 4.18. The van der Waals surface area contributed by atoms with Crippen molar-refractivity contribution >= 4 is 23.1 Å². The first kappa shape index (κ1) is 18.7. The van der Waals surface area contributed by atoms with Gasteiger partial charge in [-0.25, -0.2) is 4.98 Å². The van der Waals surface area contributed by atoms with Gasteiger partial charge in [0.25, 0.3) is 0 Å². The fourth-order valence-corrected chi connectivity index (χ4v) is 2.99. The Labute approximate surface area is 161 Å². The van der Waals surface area contributed by atoms with Gasteiger partial charge in [0.15, 0.2) is 0 Å². The first-order valence-corrected chi connectivity index (χ1v) is 9.29. The number of anilines is 4. The van der Waals surface area contributed by atoms with Crippen molar-refractivity contribution in [3.63, 3.8) is 0 Å². The topological polar surface area (TPSA) is 50.3 Å². The Balaban J connectivity index is 1.94. The van der Waals surface area contributed by atoms with E-state index in [0.29, 0.717) is 12.6 Å². The average molecular weight is 362 g/mol. The third kappa shape index (κ3) is 4.56. The number of nitrogens with one attached hydrogen (secondary N) is 1. The van der Waals surface area contributed by atoms with Crippen molar-refractivity contribution in [3.8, 4) is 5.75 Å². The van der Waals surface area contributed by atoms with Gasteiger partial charge in [0.05, 0.1) is 12.3 Å². The molecule has 27 heavy (non-hydrogen) atoms. The number of aryl methyl sites for hydroxylation is 2. The first-order chi connectivity index (χ1) is 13.1. The number of rotatable bonds is 7. The summed E-state index contributed by atoms with van der Waals surface area (Å²) >= 11 is 0. The molecule has 2 aromatic carbocycles. The second-order valence-electron chi connectivity index (χ2n) is 6.33. The van der Waals surface area contributed by atoms with Crippen molar-refractivity contribution in [3.05, 3.63) is 65.9 Å². The number of hydrogen-bond acceptors (Lipinski definition) is 5. The van der Waals surface area contributed by atoms with Crippen LogP contribution in [-0.2, 0) is 0 Å². The maximum atomic E-state index is 5.69. The molecule has 0 unspecified atom stereocenters. The molecule has 0 aliphatic carbocycles. The molecule has 5 nitrogen and oxygen atoms in total. The van der Waals surface area contributed by atoms with Gasteiger partial charge in [0.2, 0.25) is 5.95 Å². The Morgan fingerprint density at radius 2 is 1.78 bits per heavy atom. The Hall–Kier alpha value is -3.08. The van der Waals surface area contributed by atoms with Gasteiger partial charge >= 0.3 is 0 Å². The number of para-hydroxylation sites is 2. The van der Waals surface area contributed by atoms with Crippen LogP contribution in [-0.4, -0.2) is 23.1 Å². The molecule has 1 aromatic heterocycles. The minimum atomic E-state index is 0.559. The molecule has 0 aliphatic heterocycles. The number of aromatic nitrogens is 2. The van der Waals surface area contributed by atoms with Crippen LogP contribution in [0, 0.1) is 13.8 Å². The van der Waals surface area contributed by atoms with Gasteiger partial charge in [-0.05, 0) is 57.5 Å². The van der Waals surface area contributed by atoms with E-state index in [1.807, 2.05) is 44.2 Å². The summed E-state index contributed by atoms with van der Waals surface area (Å²) in [6.45, 7) is 9.59. The molecule has 0 radical (unpaired) electrons. The number of ether oxygens (including phenoxy) is 1. The SMILES string of the molecule is CCOc1ccccc1Nc1nc(C)cc(N(CC)c2cccc(C)c2)n1. The van der Waals surface area contributed by atoms with E-state index < -0.39 is 0 Å². The molecule has 3 aromatic rings. The van der Waals surface area contributed by atoms with Gasteiger partial charge < -0.3 is 15.0 Å². The predicted molar refractivity (Wildman–Crippen MR) is 112 cm³/mol. The quantitative estimate of drug-likeness (QED) is 0.610. The zero-order valence-corrected chi connectivity index (χ0v) is 16.4. The van der Waals surface area contributed by atoms with E-state index in [0.717, 1.165) is 35.2 Å². The Morgan fingerprint density at radius 1 is 0.963 bits per heavy atom. The zero-order chi connectivity index (χ0) is 19.2.